The van der Waals surface area contributed by atoms with Gasteiger partial charge in [-0.3, -0.25) is 4.90 Å². The molecule has 1 aliphatic rings. The van der Waals surface area contributed by atoms with Crippen molar-refractivity contribution in [1.29, 1.82) is 0 Å². The SMILES string of the molecule is C[C@H](c1ccccc1)N1C[C@H]1[C@H](O)c1ccc2ccccc2c1. The summed E-state index contributed by atoms with van der Waals surface area (Å²) in [5.74, 6) is 0. The van der Waals surface area contributed by atoms with Crippen LogP contribution < -0.4 is 0 Å². The highest BCUT2D eigenvalue weighted by atomic mass is 16.3. The van der Waals surface area contributed by atoms with Crippen LogP contribution >= 0.6 is 0 Å². The zero-order valence-electron chi connectivity index (χ0n) is 13.3. The van der Waals surface area contributed by atoms with E-state index in [0.29, 0.717) is 6.04 Å². The molecule has 2 nitrogen and oxygen atoms in total. The molecule has 0 aromatic heterocycles. The van der Waals surface area contributed by atoms with Gasteiger partial charge in [-0.2, -0.15) is 0 Å². The van der Waals surface area contributed by atoms with Crippen molar-refractivity contribution in [3.05, 3.63) is 83.9 Å². The zero-order valence-corrected chi connectivity index (χ0v) is 13.3. The van der Waals surface area contributed by atoms with Crippen molar-refractivity contribution in [2.45, 2.75) is 25.1 Å². The summed E-state index contributed by atoms with van der Waals surface area (Å²) in [6, 6.07) is 25.6. The lowest BCUT2D eigenvalue weighted by atomic mass is 10.0. The lowest BCUT2D eigenvalue weighted by molar-refractivity contribution is 0.151. The first-order chi connectivity index (χ1) is 11.2. The molecule has 1 unspecified atom stereocenters. The van der Waals surface area contributed by atoms with E-state index in [0.717, 1.165) is 12.1 Å². The Morgan fingerprint density at radius 1 is 0.870 bits per heavy atom. The second-order valence-corrected chi connectivity index (χ2v) is 6.40. The van der Waals surface area contributed by atoms with Crippen molar-refractivity contribution in [3.8, 4) is 0 Å². The summed E-state index contributed by atoms with van der Waals surface area (Å²) >= 11 is 0. The predicted octanol–water partition coefficient (Wildman–Crippen LogP) is 4.32. The van der Waals surface area contributed by atoms with Crippen molar-refractivity contribution in [2.75, 3.05) is 6.54 Å². The van der Waals surface area contributed by atoms with Gasteiger partial charge >= 0.3 is 0 Å². The molecule has 0 aliphatic carbocycles. The minimum atomic E-state index is -0.425. The Labute approximate surface area is 137 Å². The Morgan fingerprint density at radius 2 is 1.57 bits per heavy atom. The summed E-state index contributed by atoms with van der Waals surface area (Å²) in [6.07, 6.45) is -0.425. The summed E-state index contributed by atoms with van der Waals surface area (Å²) in [5, 5.41) is 13.1. The first kappa shape index (κ1) is 14.4. The van der Waals surface area contributed by atoms with Crippen LogP contribution in [0.15, 0.2) is 72.8 Å². The maximum absolute atomic E-state index is 10.7. The van der Waals surface area contributed by atoms with Crippen LogP contribution in [0.25, 0.3) is 10.8 Å². The van der Waals surface area contributed by atoms with Crippen molar-refractivity contribution >= 4 is 10.8 Å². The van der Waals surface area contributed by atoms with Gasteiger partial charge in [-0.05, 0) is 34.9 Å². The highest BCUT2D eigenvalue weighted by Gasteiger charge is 2.43. The molecule has 1 heterocycles. The Balaban J connectivity index is 1.52. The molecule has 0 spiro atoms. The fourth-order valence-electron chi connectivity index (χ4n) is 3.43. The van der Waals surface area contributed by atoms with Crippen molar-refractivity contribution < 1.29 is 5.11 Å². The average molecular weight is 303 g/mol. The molecule has 4 rings (SSSR count). The topological polar surface area (TPSA) is 23.2 Å². The van der Waals surface area contributed by atoms with Gasteiger partial charge in [0.2, 0.25) is 0 Å². The van der Waals surface area contributed by atoms with E-state index in [2.05, 4.69) is 66.4 Å². The number of aliphatic hydroxyl groups is 1. The molecule has 0 bridgehead atoms. The molecule has 1 fully saturated rings. The maximum Gasteiger partial charge on any atom is 0.0958 e. The van der Waals surface area contributed by atoms with Crippen LogP contribution in [0.4, 0.5) is 0 Å². The fraction of sp³-hybridized carbons (Fsp3) is 0.238. The molecule has 0 radical (unpaired) electrons. The molecule has 3 aromatic carbocycles. The second-order valence-electron chi connectivity index (χ2n) is 6.40. The molecule has 23 heavy (non-hydrogen) atoms. The van der Waals surface area contributed by atoms with E-state index in [1.807, 2.05) is 18.2 Å². The minimum absolute atomic E-state index is 0.214. The fourth-order valence-corrected chi connectivity index (χ4v) is 3.43. The third kappa shape index (κ3) is 2.76. The van der Waals surface area contributed by atoms with Crippen LogP contribution in [-0.2, 0) is 0 Å². The van der Waals surface area contributed by atoms with E-state index >= 15 is 0 Å². The first-order valence-corrected chi connectivity index (χ1v) is 8.21. The quantitative estimate of drug-likeness (QED) is 0.726. The van der Waals surface area contributed by atoms with E-state index in [4.69, 9.17) is 0 Å². The molecular formula is C21H21NO. The van der Waals surface area contributed by atoms with E-state index in [1.165, 1.54) is 16.3 Å². The molecule has 4 atom stereocenters. The van der Waals surface area contributed by atoms with Crippen LogP contribution in [0, 0.1) is 0 Å². The molecule has 0 saturated carbocycles. The van der Waals surface area contributed by atoms with Gasteiger partial charge in [-0.15, -0.1) is 0 Å². The molecule has 2 heteroatoms. The van der Waals surface area contributed by atoms with E-state index in [1.54, 1.807) is 0 Å². The van der Waals surface area contributed by atoms with Crippen LogP contribution in [0.5, 0.6) is 0 Å². The number of rotatable bonds is 4. The monoisotopic (exact) mass is 303 g/mol. The number of aliphatic hydroxyl groups excluding tert-OH is 1. The van der Waals surface area contributed by atoms with Gasteiger partial charge < -0.3 is 5.11 Å². The summed E-state index contributed by atoms with van der Waals surface area (Å²) in [5.41, 5.74) is 2.32. The summed E-state index contributed by atoms with van der Waals surface area (Å²) in [4.78, 5) is 2.36. The Morgan fingerprint density at radius 3 is 2.35 bits per heavy atom. The third-order valence-electron chi connectivity index (χ3n) is 4.95. The molecule has 116 valence electrons. The van der Waals surface area contributed by atoms with Crippen molar-refractivity contribution in [1.82, 2.24) is 4.90 Å². The van der Waals surface area contributed by atoms with Crippen LogP contribution in [-0.4, -0.2) is 22.6 Å². The summed E-state index contributed by atoms with van der Waals surface area (Å²) in [7, 11) is 0. The first-order valence-electron chi connectivity index (χ1n) is 8.21. The van der Waals surface area contributed by atoms with Gasteiger partial charge in [0.15, 0.2) is 0 Å². The Kier molecular flexibility index (Phi) is 3.64. The number of hydrogen-bond donors (Lipinski definition) is 1. The van der Waals surface area contributed by atoms with E-state index in [9.17, 15) is 5.11 Å². The van der Waals surface area contributed by atoms with E-state index in [-0.39, 0.29) is 6.04 Å². The molecular weight excluding hydrogens is 282 g/mol. The normalized spacial score (nSPS) is 22.7. The average Bonchev–Trinajstić information content (AvgIpc) is 3.41. The number of fused-ring (bicyclic) bond motifs is 1. The molecule has 1 saturated heterocycles. The Hall–Kier alpha value is -2.16. The maximum atomic E-state index is 10.7. The number of nitrogens with zero attached hydrogens (tertiary/aromatic N) is 1. The summed E-state index contributed by atoms with van der Waals surface area (Å²) < 4.78 is 0. The number of benzene rings is 3. The van der Waals surface area contributed by atoms with E-state index < -0.39 is 6.10 Å². The second kappa shape index (κ2) is 5.80. The number of hydrogen-bond acceptors (Lipinski definition) is 2. The molecule has 1 aliphatic heterocycles. The predicted molar refractivity (Wildman–Crippen MR) is 94.3 cm³/mol. The smallest absolute Gasteiger partial charge is 0.0958 e. The van der Waals surface area contributed by atoms with Gasteiger partial charge in [-0.1, -0.05) is 66.7 Å². The van der Waals surface area contributed by atoms with Crippen LogP contribution in [0.1, 0.15) is 30.2 Å². The van der Waals surface area contributed by atoms with Crippen molar-refractivity contribution in [3.63, 3.8) is 0 Å². The molecule has 3 aromatic rings. The van der Waals surface area contributed by atoms with Crippen molar-refractivity contribution in [2.24, 2.45) is 0 Å². The van der Waals surface area contributed by atoms with Gasteiger partial charge in [0.1, 0.15) is 0 Å². The zero-order chi connectivity index (χ0) is 15.8. The molecule has 1 N–H and O–H groups in total. The molecule has 0 amide bonds. The minimum Gasteiger partial charge on any atom is -0.387 e. The lowest BCUT2D eigenvalue weighted by Gasteiger charge is -2.17. The third-order valence-corrected chi connectivity index (χ3v) is 4.95. The van der Waals surface area contributed by atoms with Gasteiger partial charge in [0.05, 0.1) is 12.1 Å². The highest BCUT2D eigenvalue weighted by Crippen LogP contribution is 2.39. The van der Waals surface area contributed by atoms with Crippen LogP contribution in [0.3, 0.4) is 0 Å². The van der Waals surface area contributed by atoms with Crippen LogP contribution in [0.2, 0.25) is 0 Å². The lowest BCUT2D eigenvalue weighted by Crippen LogP contribution is -2.14. The summed E-state index contributed by atoms with van der Waals surface area (Å²) in [6.45, 7) is 3.16. The van der Waals surface area contributed by atoms with Gasteiger partial charge in [-0.25, -0.2) is 0 Å². The highest BCUT2D eigenvalue weighted by molar-refractivity contribution is 5.83. The Bertz CT molecular complexity index is 814. The standard InChI is InChI=1S/C21H21NO/c1-15(16-7-3-2-4-8-16)22-14-20(22)21(23)19-12-11-17-9-5-6-10-18(17)13-19/h2-13,15,20-21,23H,14H2,1H3/t15-,20+,21-,22?/m1/s1. The van der Waals surface area contributed by atoms with Gasteiger partial charge in [0.25, 0.3) is 0 Å². The van der Waals surface area contributed by atoms with Gasteiger partial charge in [0, 0.05) is 12.6 Å². The largest absolute Gasteiger partial charge is 0.387 e.